The summed E-state index contributed by atoms with van der Waals surface area (Å²) in [5.41, 5.74) is 1.04. The molecule has 0 unspecified atom stereocenters. The fraction of sp³-hybridized carbons (Fsp3) is 0.577. The molecule has 1 aromatic heterocycles. The van der Waals surface area contributed by atoms with Crippen LogP contribution in [0.3, 0.4) is 0 Å². The minimum Gasteiger partial charge on any atom is -0.489 e. The van der Waals surface area contributed by atoms with E-state index in [1.807, 2.05) is 30.3 Å². The molecule has 1 aromatic carbocycles. The minimum absolute atomic E-state index is 0.553. The number of methoxy groups -OCH3 is 1. The fourth-order valence-electron chi connectivity index (χ4n) is 4.78. The molecule has 0 N–H and O–H groups in total. The van der Waals surface area contributed by atoms with Gasteiger partial charge in [0.15, 0.2) is 11.5 Å². The number of hydrogen-bond donors (Lipinski definition) is 0. The van der Waals surface area contributed by atoms with Gasteiger partial charge in [-0.05, 0) is 68.8 Å². The molecule has 6 heteroatoms. The maximum absolute atomic E-state index is 6.23. The first-order chi connectivity index (χ1) is 15.7. The molecule has 2 aromatic rings. The molecular formula is C26H35ClN2O3. The van der Waals surface area contributed by atoms with Gasteiger partial charge in [-0.2, -0.15) is 0 Å². The van der Waals surface area contributed by atoms with Crippen molar-refractivity contribution in [3.05, 3.63) is 47.1 Å². The average molecular weight is 459 g/mol. The largest absolute Gasteiger partial charge is 0.489 e. The van der Waals surface area contributed by atoms with Gasteiger partial charge in [0.25, 0.3) is 0 Å². The van der Waals surface area contributed by atoms with Gasteiger partial charge < -0.3 is 14.2 Å². The van der Waals surface area contributed by atoms with Crippen molar-refractivity contribution < 1.29 is 14.2 Å². The molecule has 0 spiro atoms. The van der Waals surface area contributed by atoms with Gasteiger partial charge in [0.05, 0.1) is 25.3 Å². The molecule has 1 saturated heterocycles. The van der Waals surface area contributed by atoms with Crippen molar-refractivity contribution in [2.75, 3.05) is 33.4 Å². The summed E-state index contributed by atoms with van der Waals surface area (Å²) in [7, 11) is 1.65. The van der Waals surface area contributed by atoms with Gasteiger partial charge in [-0.1, -0.05) is 43.0 Å². The maximum Gasteiger partial charge on any atom is 0.217 e. The van der Waals surface area contributed by atoms with Crippen molar-refractivity contribution in [3.63, 3.8) is 0 Å². The number of nitrogens with zero attached hydrogens (tertiary/aromatic N) is 2. The Morgan fingerprint density at radius 3 is 2.19 bits per heavy atom. The highest BCUT2D eigenvalue weighted by Crippen LogP contribution is 2.31. The SMILES string of the molecule is COc1ncc(Cl)cc1CN1CCC(COc2ccccc2OCC2CCCCC2)CC1. The van der Waals surface area contributed by atoms with Gasteiger partial charge in [0.2, 0.25) is 5.88 Å². The van der Waals surface area contributed by atoms with Gasteiger partial charge in [0.1, 0.15) is 0 Å². The molecule has 0 radical (unpaired) electrons. The van der Waals surface area contributed by atoms with E-state index in [-0.39, 0.29) is 0 Å². The van der Waals surface area contributed by atoms with E-state index < -0.39 is 0 Å². The first-order valence-corrected chi connectivity index (χ1v) is 12.3. The molecule has 1 saturated carbocycles. The van der Waals surface area contributed by atoms with E-state index in [1.54, 1.807) is 13.3 Å². The van der Waals surface area contributed by atoms with Crippen LogP contribution in [0.1, 0.15) is 50.5 Å². The second-order valence-electron chi connectivity index (χ2n) is 9.11. The molecule has 2 fully saturated rings. The number of ether oxygens (including phenoxy) is 3. The molecule has 32 heavy (non-hydrogen) atoms. The van der Waals surface area contributed by atoms with Crippen LogP contribution in [0, 0.1) is 11.8 Å². The lowest BCUT2D eigenvalue weighted by molar-refractivity contribution is 0.131. The number of hydrogen-bond acceptors (Lipinski definition) is 5. The van der Waals surface area contributed by atoms with Gasteiger partial charge in [-0.15, -0.1) is 0 Å². The Hall–Kier alpha value is -1.98. The van der Waals surface area contributed by atoms with Crippen molar-refractivity contribution in [1.82, 2.24) is 9.88 Å². The predicted molar refractivity (Wildman–Crippen MR) is 128 cm³/mol. The number of benzene rings is 1. The first-order valence-electron chi connectivity index (χ1n) is 12.0. The van der Waals surface area contributed by atoms with Crippen LogP contribution in [0.2, 0.25) is 5.02 Å². The lowest BCUT2D eigenvalue weighted by Crippen LogP contribution is -2.35. The highest BCUT2D eigenvalue weighted by molar-refractivity contribution is 6.30. The Kier molecular flexibility index (Phi) is 8.52. The Morgan fingerprint density at radius 1 is 0.938 bits per heavy atom. The van der Waals surface area contributed by atoms with E-state index in [2.05, 4.69) is 9.88 Å². The minimum atomic E-state index is 0.553. The quantitative estimate of drug-likeness (QED) is 0.461. The number of aromatic nitrogens is 1. The standard InChI is InChI=1S/C26H35ClN2O3/c1-30-26-22(15-23(27)16-28-26)17-29-13-11-21(12-14-29)19-32-25-10-6-5-9-24(25)31-18-20-7-3-2-4-8-20/h5-6,9-10,15-16,20-21H,2-4,7-8,11-14,17-19H2,1H3. The highest BCUT2D eigenvalue weighted by atomic mass is 35.5. The lowest BCUT2D eigenvalue weighted by atomic mass is 9.90. The van der Waals surface area contributed by atoms with Crippen molar-refractivity contribution in [2.24, 2.45) is 11.8 Å². The average Bonchev–Trinajstić information content (AvgIpc) is 2.84. The van der Waals surface area contributed by atoms with E-state index in [9.17, 15) is 0 Å². The topological polar surface area (TPSA) is 43.8 Å². The van der Waals surface area contributed by atoms with E-state index in [4.69, 9.17) is 25.8 Å². The van der Waals surface area contributed by atoms with Crippen molar-refractivity contribution >= 4 is 11.6 Å². The zero-order valence-corrected chi connectivity index (χ0v) is 19.9. The summed E-state index contributed by atoms with van der Waals surface area (Å²) in [5.74, 6) is 3.66. The van der Waals surface area contributed by atoms with Crippen molar-refractivity contribution in [1.29, 1.82) is 0 Å². The fourth-order valence-corrected chi connectivity index (χ4v) is 4.96. The number of para-hydroxylation sites is 2. The summed E-state index contributed by atoms with van der Waals surface area (Å²) in [6.07, 6.45) is 10.5. The Morgan fingerprint density at radius 2 is 1.56 bits per heavy atom. The summed E-state index contributed by atoms with van der Waals surface area (Å²) < 4.78 is 17.8. The highest BCUT2D eigenvalue weighted by Gasteiger charge is 2.22. The number of piperidine rings is 1. The lowest BCUT2D eigenvalue weighted by Gasteiger charge is -2.32. The van der Waals surface area contributed by atoms with Gasteiger partial charge in [-0.3, -0.25) is 4.90 Å². The zero-order valence-electron chi connectivity index (χ0n) is 19.1. The summed E-state index contributed by atoms with van der Waals surface area (Å²) >= 11 is 6.13. The second kappa shape index (κ2) is 11.8. The van der Waals surface area contributed by atoms with Gasteiger partial charge in [-0.25, -0.2) is 4.98 Å². The number of rotatable bonds is 9. The summed E-state index contributed by atoms with van der Waals surface area (Å²) in [6, 6.07) is 10.1. The van der Waals surface area contributed by atoms with E-state index in [1.165, 1.54) is 32.1 Å². The zero-order chi connectivity index (χ0) is 22.2. The van der Waals surface area contributed by atoms with Gasteiger partial charge in [0, 0.05) is 18.3 Å². The molecule has 5 nitrogen and oxygen atoms in total. The van der Waals surface area contributed by atoms with Crippen LogP contribution in [0.15, 0.2) is 36.5 Å². The van der Waals surface area contributed by atoms with Crippen LogP contribution in [0.4, 0.5) is 0 Å². The third-order valence-electron chi connectivity index (χ3n) is 6.71. The molecule has 1 aliphatic carbocycles. The summed E-state index contributed by atoms with van der Waals surface area (Å²) in [5, 5.41) is 0.647. The molecule has 0 bridgehead atoms. The Balaban J connectivity index is 1.23. The molecule has 2 heterocycles. The molecule has 0 atom stereocenters. The normalized spacial score (nSPS) is 18.4. The summed E-state index contributed by atoms with van der Waals surface area (Å²) in [6.45, 7) is 4.41. The van der Waals surface area contributed by atoms with Crippen LogP contribution in [-0.4, -0.2) is 43.3 Å². The van der Waals surface area contributed by atoms with E-state index >= 15 is 0 Å². The molecule has 1 aliphatic heterocycles. The number of halogens is 1. The monoisotopic (exact) mass is 458 g/mol. The first kappa shape index (κ1) is 23.2. The summed E-state index contributed by atoms with van der Waals surface area (Å²) in [4.78, 5) is 6.72. The van der Waals surface area contributed by atoms with Gasteiger partial charge >= 0.3 is 0 Å². The Labute approximate surface area is 197 Å². The molecule has 4 rings (SSSR count). The molecular weight excluding hydrogens is 424 g/mol. The number of likely N-dealkylation sites (tertiary alicyclic amines) is 1. The van der Waals surface area contributed by atoms with Crippen LogP contribution < -0.4 is 14.2 Å². The molecule has 0 amide bonds. The number of pyridine rings is 1. The van der Waals surface area contributed by atoms with Crippen molar-refractivity contribution in [2.45, 2.75) is 51.5 Å². The van der Waals surface area contributed by atoms with Crippen LogP contribution >= 0.6 is 11.6 Å². The predicted octanol–water partition coefficient (Wildman–Crippen LogP) is 5.99. The second-order valence-corrected chi connectivity index (χ2v) is 9.55. The molecule has 174 valence electrons. The van der Waals surface area contributed by atoms with Crippen LogP contribution in [0.5, 0.6) is 17.4 Å². The van der Waals surface area contributed by atoms with E-state index in [0.29, 0.717) is 22.7 Å². The Bertz CT molecular complexity index is 849. The van der Waals surface area contributed by atoms with Crippen LogP contribution in [-0.2, 0) is 6.54 Å². The molecule has 2 aliphatic rings. The smallest absolute Gasteiger partial charge is 0.217 e. The third kappa shape index (κ3) is 6.52. The van der Waals surface area contributed by atoms with Crippen LogP contribution in [0.25, 0.3) is 0 Å². The van der Waals surface area contributed by atoms with Crippen molar-refractivity contribution in [3.8, 4) is 17.4 Å². The third-order valence-corrected chi connectivity index (χ3v) is 6.92. The van der Waals surface area contributed by atoms with E-state index in [0.717, 1.165) is 62.8 Å². The maximum atomic E-state index is 6.23.